The van der Waals surface area contributed by atoms with Gasteiger partial charge in [0.05, 0.1) is 13.3 Å². The number of aromatic nitrogens is 1. The molecule has 1 aromatic carbocycles. The van der Waals surface area contributed by atoms with Gasteiger partial charge < -0.3 is 9.72 Å². The van der Waals surface area contributed by atoms with Gasteiger partial charge in [-0.2, -0.15) is 0 Å². The van der Waals surface area contributed by atoms with Crippen molar-refractivity contribution >= 4 is 22.5 Å². The lowest BCUT2D eigenvalue weighted by Crippen LogP contribution is -2.39. The molecule has 2 heterocycles. The molecule has 1 saturated heterocycles. The Morgan fingerprint density at radius 2 is 2.09 bits per heavy atom. The van der Waals surface area contributed by atoms with Gasteiger partial charge in [0.25, 0.3) is 0 Å². The molecule has 1 aliphatic carbocycles. The van der Waals surface area contributed by atoms with Gasteiger partial charge >= 0.3 is 0 Å². The van der Waals surface area contributed by atoms with E-state index >= 15 is 0 Å². The molecular weight excluding hydrogens is 308 g/mol. The average molecular weight is 333 g/mol. The van der Waals surface area contributed by atoms with Crippen LogP contribution in [0.4, 0.5) is 0 Å². The topological polar surface area (TPSA) is 28.3 Å². The highest BCUT2D eigenvalue weighted by atomic mass is 35.5. The van der Waals surface area contributed by atoms with Gasteiger partial charge in [0.2, 0.25) is 0 Å². The lowest BCUT2D eigenvalue weighted by molar-refractivity contribution is 0.131. The Kier molecular flexibility index (Phi) is 4.61. The van der Waals surface area contributed by atoms with Crippen molar-refractivity contribution in [2.45, 2.75) is 44.6 Å². The van der Waals surface area contributed by atoms with E-state index in [2.05, 4.69) is 28.2 Å². The van der Waals surface area contributed by atoms with Crippen molar-refractivity contribution in [2.75, 3.05) is 19.9 Å². The molecule has 124 valence electrons. The van der Waals surface area contributed by atoms with E-state index < -0.39 is 0 Å². The van der Waals surface area contributed by atoms with Crippen LogP contribution in [0.1, 0.15) is 37.7 Å². The molecule has 1 N–H and O–H groups in total. The van der Waals surface area contributed by atoms with Crippen LogP contribution in [0.15, 0.2) is 24.4 Å². The fourth-order valence-electron chi connectivity index (χ4n) is 4.30. The van der Waals surface area contributed by atoms with Crippen LogP contribution in [0.25, 0.3) is 10.9 Å². The predicted molar refractivity (Wildman–Crippen MR) is 94.9 cm³/mol. The highest BCUT2D eigenvalue weighted by molar-refractivity contribution is 6.31. The lowest BCUT2D eigenvalue weighted by Gasteiger charge is -2.32. The zero-order valence-electron chi connectivity index (χ0n) is 13.6. The molecule has 23 heavy (non-hydrogen) atoms. The second-order valence-corrected chi connectivity index (χ2v) is 7.47. The minimum atomic E-state index is 0.629. The first kappa shape index (κ1) is 15.5. The number of nitrogens with one attached hydrogen (secondary N) is 1. The number of ether oxygens (including phenoxy) is 1. The van der Waals surface area contributed by atoms with Crippen molar-refractivity contribution in [3.05, 3.63) is 35.0 Å². The van der Waals surface area contributed by atoms with E-state index in [4.69, 9.17) is 16.3 Å². The molecule has 2 aromatic rings. The number of H-pyrrole nitrogens is 1. The maximum atomic E-state index is 6.16. The Balaban J connectivity index is 1.43. The zero-order chi connectivity index (χ0) is 15.6. The smallest absolute Gasteiger partial charge is 0.0994 e. The molecule has 4 heteroatoms. The highest BCUT2D eigenvalue weighted by Crippen LogP contribution is 2.31. The molecule has 0 bridgehead atoms. The summed E-state index contributed by atoms with van der Waals surface area (Å²) in [6.07, 6.45) is 10.2. The third-order valence-electron chi connectivity index (χ3n) is 5.61. The molecule has 1 aliphatic heterocycles. The maximum Gasteiger partial charge on any atom is 0.0994 e. The summed E-state index contributed by atoms with van der Waals surface area (Å²) in [6, 6.07) is 6.70. The summed E-state index contributed by atoms with van der Waals surface area (Å²) < 4.78 is 5.80. The molecule has 0 spiro atoms. The Bertz CT molecular complexity index is 662. The Labute approximate surface area is 143 Å². The number of rotatable bonds is 4. The van der Waals surface area contributed by atoms with Crippen LogP contribution in [-0.4, -0.2) is 35.8 Å². The van der Waals surface area contributed by atoms with Crippen LogP contribution in [0.2, 0.25) is 5.02 Å². The summed E-state index contributed by atoms with van der Waals surface area (Å²) in [5, 5.41) is 2.06. The van der Waals surface area contributed by atoms with Gasteiger partial charge in [-0.25, -0.2) is 0 Å². The van der Waals surface area contributed by atoms with Gasteiger partial charge in [-0.05, 0) is 48.9 Å². The first-order chi connectivity index (χ1) is 11.3. The first-order valence-electron chi connectivity index (χ1n) is 8.88. The summed E-state index contributed by atoms with van der Waals surface area (Å²) in [4.78, 5) is 5.91. The van der Waals surface area contributed by atoms with Crippen molar-refractivity contribution < 1.29 is 4.74 Å². The molecule has 4 rings (SSSR count). The molecular formula is C19H25ClN2O. The molecule has 1 saturated carbocycles. The van der Waals surface area contributed by atoms with Crippen LogP contribution in [0, 0.1) is 5.92 Å². The summed E-state index contributed by atoms with van der Waals surface area (Å²) in [5.74, 6) is 0.837. The Morgan fingerprint density at radius 3 is 2.96 bits per heavy atom. The van der Waals surface area contributed by atoms with Crippen LogP contribution >= 0.6 is 11.6 Å². The summed E-state index contributed by atoms with van der Waals surface area (Å²) in [6.45, 7) is 2.79. The molecule has 1 atom stereocenters. The lowest BCUT2D eigenvalue weighted by atomic mass is 9.84. The number of halogens is 1. The van der Waals surface area contributed by atoms with Crippen molar-refractivity contribution in [3.63, 3.8) is 0 Å². The minimum absolute atomic E-state index is 0.629. The second kappa shape index (κ2) is 6.84. The zero-order valence-corrected chi connectivity index (χ0v) is 14.3. The summed E-state index contributed by atoms with van der Waals surface area (Å²) >= 11 is 6.16. The number of benzene rings is 1. The Hall–Kier alpha value is -1.03. The van der Waals surface area contributed by atoms with E-state index in [1.807, 2.05) is 6.07 Å². The van der Waals surface area contributed by atoms with Gasteiger partial charge in [-0.15, -0.1) is 0 Å². The normalized spacial score (nSPS) is 23.8. The van der Waals surface area contributed by atoms with Gasteiger partial charge in [0.15, 0.2) is 0 Å². The number of aromatic amines is 1. The first-order valence-corrected chi connectivity index (χ1v) is 9.26. The van der Waals surface area contributed by atoms with Crippen molar-refractivity contribution in [2.24, 2.45) is 5.92 Å². The van der Waals surface area contributed by atoms with Crippen LogP contribution in [0.3, 0.4) is 0 Å². The van der Waals surface area contributed by atoms with Gasteiger partial charge in [-0.1, -0.05) is 30.9 Å². The number of hydrogen-bond donors (Lipinski definition) is 1. The SMILES string of the molecule is Clc1ccc2[nH]cc(CCN3COC[C@H]3C3CCCCC3)c2c1. The predicted octanol–water partition coefficient (Wildman–Crippen LogP) is 4.60. The Morgan fingerprint density at radius 1 is 1.22 bits per heavy atom. The fourth-order valence-corrected chi connectivity index (χ4v) is 4.47. The third-order valence-corrected chi connectivity index (χ3v) is 5.84. The highest BCUT2D eigenvalue weighted by Gasteiger charge is 2.32. The molecule has 3 nitrogen and oxygen atoms in total. The molecule has 1 aromatic heterocycles. The summed E-state index contributed by atoms with van der Waals surface area (Å²) in [7, 11) is 0. The van der Waals surface area contributed by atoms with Gasteiger partial charge in [-0.3, -0.25) is 4.90 Å². The largest absolute Gasteiger partial charge is 0.364 e. The van der Waals surface area contributed by atoms with Crippen LogP contribution in [0.5, 0.6) is 0 Å². The van der Waals surface area contributed by atoms with Gasteiger partial charge in [0.1, 0.15) is 0 Å². The third kappa shape index (κ3) is 3.28. The van der Waals surface area contributed by atoms with E-state index in [1.165, 1.54) is 48.6 Å². The molecule has 2 fully saturated rings. The average Bonchev–Trinajstić information content (AvgIpc) is 3.20. The second-order valence-electron chi connectivity index (χ2n) is 7.03. The quantitative estimate of drug-likeness (QED) is 0.886. The van der Waals surface area contributed by atoms with Crippen LogP contribution < -0.4 is 0 Å². The van der Waals surface area contributed by atoms with Crippen molar-refractivity contribution in [1.29, 1.82) is 0 Å². The summed E-state index contributed by atoms with van der Waals surface area (Å²) in [5.41, 5.74) is 2.53. The molecule has 2 aliphatic rings. The van der Waals surface area contributed by atoms with E-state index in [1.54, 1.807) is 0 Å². The van der Waals surface area contributed by atoms with Crippen LogP contribution in [-0.2, 0) is 11.2 Å². The minimum Gasteiger partial charge on any atom is -0.364 e. The number of fused-ring (bicyclic) bond motifs is 1. The molecule has 0 unspecified atom stereocenters. The van der Waals surface area contributed by atoms with Crippen molar-refractivity contribution in [3.8, 4) is 0 Å². The number of hydrogen-bond acceptors (Lipinski definition) is 2. The fraction of sp³-hybridized carbons (Fsp3) is 0.579. The number of nitrogens with zero attached hydrogens (tertiary/aromatic N) is 1. The van der Waals surface area contributed by atoms with Crippen molar-refractivity contribution in [1.82, 2.24) is 9.88 Å². The van der Waals surface area contributed by atoms with Gasteiger partial charge in [0, 0.05) is 34.7 Å². The van der Waals surface area contributed by atoms with E-state index in [9.17, 15) is 0 Å². The monoisotopic (exact) mass is 332 g/mol. The maximum absolute atomic E-state index is 6.16. The van der Waals surface area contributed by atoms with E-state index in [0.717, 1.165) is 37.2 Å². The van der Waals surface area contributed by atoms with E-state index in [0.29, 0.717) is 6.04 Å². The molecule has 0 amide bonds. The standard InChI is InChI=1S/C19H25ClN2O/c20-16-6-7-18-17(10-16)15(11-21-18)8-9-22-13-23-12-19(22)14-4-2-1-3-5-14/h6-7,10-11,14,19,21H,1-5,8-9,12-13H2/t19-/m0/s1. The molecule has 0 radical (unpaired) electrons. The van der Waals surface area contributed by atoms with E-state index in [-0.39, 0.29) is 0 Å².